The van der Waals surface area contributed by atoms with E-state index in [2.05, 4.69) is 13.1 Å². The Balaban J connectivity index is 1.98. The lowest BCUT2D eigenvalue weighted by Gasteiger charge is -2.29. The van der Waals surface area contributed by atoms with Crippen LogP contribution >= 0.6 is 23.5 Å². The molecule has 0 aromatic heterocycles. The highest BCUT2D eigenvalue weighted by Crippen LogP contribution is 2.66. The molecule has 0 aromatic carbocycles. The van der Waals surface area contributed by atoms with Gasteiger partial charge in [0, 0.05) is 6.00 Å². The van der Waals surface area contributed by atoms with Gasteiger partial charge in [0.05, 0.1) is 13.2 Å². The van der Waals surface area contributed by atoms with Crippen LogP contribution < -0.4 is 0 Å². The zero-order chi connectivity index (χ0) is 17.7. The number of phosphoric ester groups is 1. The van der Waals surface area contributed by atoms with Gasteiger partial charge >= 0.3 is 23.5 Å². The van der Waals surface area contributed by atoms with E-state index >= 15 is 0 Å². The van der Waals surface area contributed by atoms with E-state index in [4.69, 9.17) is 32.0 Å². The summed E-state index contributed by atoms with van der Waals surface area (Å²) in [6.45, 7) is -1.05. The van der Waals surface area contributed by atoms with Crippen LogP contribution in [0.25, 0.3) is 0 Å². The molecule has 3 unspecified atom stereocenters. The highest BCUT2D eigenvalue weighted by molar-refractivity contribution is 7.66. The smallest absolute Gasteiger partial charge is 0.387 e. The van der Waals surface area contributed by atoms with Gasteiger partial charge in [-0.1, -0.05) is 0 Å². The van der Waals surface area contributed by atoms with Gasteiger partial charge in [-0.25, -0.2) is 13.7 Å². The van der Waals surface area contributed by atoms with E-state index < -0.39 is 53.9 Å². The number of hydrogen-bond acceptors (Lipinski definition) is 9. The number of ether oxygens (including phenoxy) is 2. The highest BCUT2D eigenvalue weighted by Gasteiger charge is 2.60. The summed E-state index contributed by atoms with van der Waals surface area (Å²) in [7, 11) is -10.9. The van der Waals surface area contributed by atoms with Gasteiger partial charge in [-0.15, -0.1) is 0 Å². The van der Waals surface area contributed by atoms with E-state index in [1.807, 2.05) is 0 Å². The van der Waals surface area contributed by atoms with Gasteiger partial charge in [0.2, 0.25) is 0 Å². The van der Waals surface area contributed by atoms with Crippen molar-refractivity contribution in [1.29, 1.82) is 0 Å². The van der Waals surface area contributed by atoms with Crippen molar-refractivity contribution in [2.75, 3.05) is 13.2 Å². The maximum Gasteiger partial charge on any atom is 0.490 e. The van der Waals surface area contributed by atoms with Crippen molar-refractivity contribution in [3.05, 3.63) is 0 Å². The van der Waals surface area contributed by atoms with E-state index in [1.54, 1.807) is 0 Å². The molecule has 2 saturated heterocycles. The number of aliphatic hydroxyl groups is 1. The van der Waals surface area contributed by atoms with Crippen LogP contribution in [-0.2, 0) is 36.3 Å². The molecule has 5 N–H and O–H groups in total. The molecule has 2 heterocycles. The molecule has 2 fully saturated rings. The summed E-state index contributed by atoms with van der Waals surface area (Å²) in [5.74, 6) is 0. The molecule has 17 heteroatoms. The maximum atomic E-state index is 11.6. The molecule has 0 spiro atoms. The van der Waals surface area contributed by atoms with Crippen LogP contribution in [0.1, 0.15) is 0 Å². The fraction of sp³-hybridized carbons (Fsp3) is 1.00. The summed E-state index contributed by atoms with van der Waals surface area (Å²) >= 11 is 0. The number of rotatable bonds is 7. The predicted molar refractivity (Wildman–Crippen MR) is 68.9 cm³/mol. The molecule has 0 aliphatic carbocycles. The zero-order valence-corrected chi connectivity index (χ0v) is 13.8. The average molecular weight is 396 g/mol. The third-order valence-corrected chi connectivity index (χ3v) is 6.74. The van der Waals surface area contributed by atoms with Crippen molar-refractivity contribution in [3.63, 3.8) is 0 Å². The second-order valence-corrected chi connectivity index (χ2v) is 9.15. The van der Waals surface area contributed by atoms with Gasteiger partial charge in [-0.3, -0.25) is 4.52 Å². The fourth-order valence-corrected chi connectivity index (χ4v) is 5.16. The van der Waals surface area contributed by atoms with E-state index in [1.165, 1.54) is 0 Å². The quantitative estimate of drug-likeness (QED) is 0.243. The van der Waals surface area contributed by atoms with Gasteiger partial charge in [-0.05, 0) is 0 Å². The number of aliphatic hydroxyl groups excluding tert-OH is 1. The summed E-state index contributed by atoms with van der Waals surface area (Å²) in [6, 6.07) is -1.01. The molecule has 0 amide bonds. The molecule has 6 atom stereocenters. The standard InChI is InChI=1S/C6H12BO13P3/c7-5-3-4(8)6(18-5,1-16-3)2-17-22(12,13)20-23(14,15)19-21(9,10)11/h3-5,8H,1-2H2,(H,12,13)(H,14,15)(H2,9,10,11)/t3-,4?,5+,6+/m0/s1. The van der Waals surface area contributed by atoms with Crippen molar-refractivity contribution < 1.29 is 61.0 Å². The van der Waals surface area contributed by atoms with Crippen molar-refractivity contribution in [2.24, 2.45) is 0 Å². The Morgan fingerprint density at radius 1 is 1.13 bits per heavy atom. The molecule has 2 aliphatic heterocycles. The van der Waals surface area contributed by atoms with E-state index in [9.17, 15) is 23.7 Å². The first-order valence-electron chi connectivity index (χ1n) is 5.77. The van der Waals surface area contributed by atoms with Gasteiger partial charge in [0.15, 0.2) is 0 Å². The van der Waals surface area contributed by atoms with E-state index in [-0.39, 0.29) is 6.61 Å². The van der Waals surface area contributed by atoms with Crippen LogP contribution in [0.15, 0.2) is 0 Å². The molecule has 132 valence electrons. The van der Waals surface area contributed by atoms with Crippen LogP contribution in [0.3, 0.4) is 0 Å². The minimum atomic E-state index is -5.60. The van der Waals surface area contributed by atoms with Gasteiger partial charge in [-0.2, -0.15) is 8.62 Å². The van der Waals surface area contributed by atoms with Gasteiger partial charge < -0.3 is 34.2 Å². The minimum Gasteiger partial charge on any atom is -0.387 e. The molecule has 0 aromatic rings. The molecule has 2 rings (SSSR count). The number of phosphoric acid groups is 3. The summed E-state index contributed by atoms with van der Waals surface area (Å²) < 4.78 is 54.9. The largest absolute Gasteiger partial charge is 0.490 e. The topological polar surface area (TPSA) is 199 Å². The molecular weight excluding hydrogens is 384 g/mol. The lowest BCUT2D eigenvalue weighted by atomic mass is 9.92. The first-order chi connectivity index (χ1) is 10.3. The zero-order valence-electron chi connectivity index (χ0n) is 11.1. The van der Waals surface area contributed by atoms with E-state index in [0.29, 0.717) is 0 Å². The Hall–Kier alpha value is 0.355. The van der Waals surface area contributed by atoms with Crippen molar-refractivity contribution in [1.82, 2.24) is 0 Å². The molecule has 13 nitrogen and oxygen atoms in total. The minimum absolute atomic E-state index is 0.234. The van der Waals surface area contributed by atoms with E-state index in [0.717, 1.165) is 0 Å². The second kappa shape index (κ2) is 6.26. The van der Waals surface area contributed by atoms with Crippen molar-refractivity contribution in [2.45, 2.75) is 23.8 Å². The molecule has 0 saturated carbocycles. The molecular formula is C6H12BO13P3. The third-order valence-electron chi connectivity index (χ3n) is 2.95. The Kier molecular flexibility index (Phi) is 5.36. The summed E-state index contributed by atoms with van der Waals surface area (Å²) in [6.07, 6.45) is -2.16. The van der Waals surface area contributed by atoms with Gasteiger partial charge in [0.25, 0.3) is 0 Å². The first kappa shape index (κ1) is 19.7. The van der Waals surface area contributed by atoms with Crippen LogP contribution in [0.2, 0.25) is 0 Å². The normalized spacial score (nSPS) is 39.1. The lowest BCUT2D eigenvalue weighted by Crippen LogP contribution is -2.45. The number of hydrogen-bond donors (Lipinski definition) is 5. The Labute approximate surface area is 130 Å². The first-order valence-corrected chi connectivity index (χ1v) is 10.3. The predicted octanol–water partition coefficient (Wildman–Crippen LogP) is -1.65. The van der Waals surface area contributed by atoms with Crippen LogP contribution in [0, 0.1) is 0 Å². The van der Waals surface area contributed by atoms with Crippen LogP contribution in [0.5, 0.6) is 0 Å². The molecule has 2 radical (unpaired) electrons. The summed E-state index contributed by atoms with van der Waals surface area (Å²) in [4.78, 5) is 35.1. The Bertz CT molecular complexity index is 605. The monoisotopic (exact) mass is 396 g/mol. The third kappa shape index (κ3) is 4.71. The molecule has 23 heavy (non-hydrogen) atoms. The second-order valence-electron chi connectivity index (χ2n) is 4.73. The Morgan fingerprint density at radius 2 is 1.74 bits per heavy atom. The molecule has 2 aliphatic rings. The van der Waals surface area contributed by atoms with Crippen molar-refractivity contribution >= 4 is 31.3 Å². The molecule has 2 bridgehead atoms. The summed E-state index contributed by atoms with van der Waals surface area (Å²) in [5.41, 5.74) is -1.59. The lowest BCUT2D eigenvalue weighted by molar-refractivity contribution is -0.134. The van der Waals surface area contributed by atoms with Crippen LogP contribution in [0.4, 0.5) is 0 Å². The van der Waals surface area contributed by atoms with Gasteiger partial charge in [0.1, 0.15) is 25.7 Å². The van der Waals surface area contributed by atoms with Crippen LogP contribution in [-0.4, -0.2) is 69.6 Å². The van der Waals surface area contributed by atoms with Crippen molar-refractivity contribution in [3.8, 4) is 0 Å². The maximum absolute atomic E-state index is 11.6. The summed E-state index contributed by atoms with van der Waals surface area (Å²) in [5, 5.41) is 9.88. The average Bonchev–Trinajstić information content (AvgIpc) is 2.72. The fourth-order valence-electron chi connectivity index (χ4n) is 2.08. The highest BCUT2D eigenvalue weighted by atomic mass is 31.3. The number of fused-ring (bicyclic) bond motifs is 2. The SMILES string of the molecule is [B][C@@H]1O[C@@]2(COP(=O)(O)OP(=O)(O)OP(=O)(O)O)CO[C@H]1C2O. The Morgan fingerprint density at radius 3 is 2.17 bits per heavy atom.